The Bertz CT molecular complexity index is 1810. The molecule has 0 amide bonds. The van der Waals surface area contributed by atoms with Gasteiger partial charge in [-0.05, 0) is 105 Å². The number of allylic oxidation sites excluding steroid dienone is 6. The highest BCUT2D eigenvalue weighted by molar-refractivity contribution is 6.27. The molecule has 0 aliphatic carbocycles. The van der Waals surface area contributed by atoms with Crippen molar-refractivity contribution in [3.05, 3.63) is 118 Å². The molecule has 0 saturated carbocycles. The Morgan fingerprint density at radius 2 is 1.45 bits per heavy atom. The normalized spacial score (nSPS) is 21.3. The molecule has 0 fully saturated rings. The third-order valence-electron chi connectivity index (χ3n) is 9.62. The van der Waals surface area contributed by atoms with Gasteiger partial charge in [-0.25, -0.2) is 0 Å². The number of aromatic nitrogens is 2. The van der Waals surface area contributed by atoms with E-state index in [4.69, 9.17) is 0 Å². The number of hydrogen-bond acceptors (Lipinski definition) is 3. The van der Waals surface area contributed by atoms with Crippen molar-refractivity contribution >= 4 is 33.8 Å². The second-order valence-corrected chi connectivity index (χ2v) is 13.4. The molecular formula is C44H58N4O. The molecule has 4 bridgehead atoms. The van der Waals surface area contributed by atoms with Crippen molar-refractivity contribution in [2.75, 3.05) is 0 Å². The summed E-state index contributed by atoms with van der Waals surface area (Å²) in [5.74, 6) is 0.122. The molecule has 4 rings (SSSR count). The average Bonchev–Trinajstić information content (AvgIpc) is 3.80. The highest BCUT2D eigenvalue weighted by atomic mass is 16.1. The van der Waals surface area contributed by atoms with Crippen LogP contribution in [0.25, 0.3) is 22.3 Å². The summed E-state index contributed by atoms with van der Waals surface area (Å²) in [6, 6.07) is 16.5. The molecule has 0 spiro atoms. The van der Waals surface area contributed by atoms with Gasteiger partial charge in [0.2, 0.25) is 0 Å². The minimum absolute atomic E-state index is 0.0107. The molecule has 1 aliphatic rings. The quantitative estimate of drug-likeness (QED) is 0.0790. The molecule has 3 aromatic rings. The lowest BCUT2D eigenvalue weighted by Gasteiger charge is -2.18. The number of ketones is 1. The summed E-state index contributed by atoms with van der Waals surface area (Å²) in [5, 5.41) is 15.2. The van der Waals surface area contributed by atoms with Crippen molar-refractivity contribution < 1.29 is 4.79 Å². The molecule has 5 heteroatoms. The predicted molar refractivity (Wildman–Crippen MR) is 210 cm³/mol. The van der Waals surface area contributed by atoms with Crippen molar-refractivity contribution in [2.45, 2.75) is 118 Å². The third kappa shape index (κ3) is 10.1. The van der Waals surface area contributed by atoms with Gasteiger partial charge in [0.05, 0.1) is 11.8 Å². The number of H-pyrrole nitrogens is 2. The number of fused-ring (bicyclic) bond motifs is 4. The Morgan fingerprint density at radius 1 is 0.776 bits per heavy atom. The second-order valence-electron chi connectivity index (χ2n) is 13.4. The van der Waals surface area contributed by atoms with E-state index in [0.29, 0.717) is 17.7 Å². The zero-order valence-electron chi connectivity index (χ0n) is 30.8. The largest absolute Gasteiger partial charge is 0.381 e. The monoisotopic (exact) mass is 658 g/mol. The summed E-state index contributed by atoms with van der Waals surface area (Å²) in [7, 11) is 0. The first-order valence-electron chi connectivity index (χ1n) is 18.6. The first-order valence-corrected chi connectivity index (χ1v) is 18.6. The fourth-order valence-corrected chi connectivity index (χ4v) is 6.63. The van der Waals surface area contributed by atoms with Crippen LogP contribution in [-0.2, 0) is 0 Å². The van der Waals surface area contributed by atoms with E-state index in [1.165, 1.54) is 49.7 Å². The van der Waals surface area contributed by atoms with E-state index >= 15 is 0 Å². The topological polar surface area (TPSA) is 84.5 Å². The lowest BCUT2D eigenvalue weighted by molar-refractivity contribution is 0.0988. The van der Waals surface area contributed by atoms with Crippen LogP contribution in [0.3, 0.4) is 0 Å². The third-order valence-corrected chi connectivity index (χ3v) is 9.62. The Balaban J connectivity index is 1.96. The standard InChI is InChI=1S/C44H58N4O/c1-7-11-13-15-18-35-31(5)20-25-37(45)44(34-23-21-33(22-24-34)43(49)10-4)42-29-28-41(48-42)36(19-16-14-12-8-2)39(17-9-3)46-30-32(6)38-26-27-40(35)47-38/h9,17,20-30,39,45-48H,7-8,10-16,18-19H2,1-6H3/b17-9-,25-20-,32-30-,35-31+,41-36-,44-42-,45-37?. The van der Waals surface area contributed by atoms with Crippen LogP contribution in [0.5, 0.6) is 0 Å². The molecule has 1 unspecified atom stereocenters. The number of aromatic amines is 2. The van der Waals surface area contributed by atoms with E-state index in [1.54, 1.807) is 0 Å². The molecule has 2 aromatic heterocycles. The molecule has 1 aromatic carbocycles. The van der Waals surface area contributed by atoms with Gasteiger partial charge in [0, 0.05) is 45.8 Å². The van der Waals surface area contributed by atoms with Crippen LogP contribution in [0.2, 0.25) is 0 Å². The zero-order valence-corrected chi connectivity index (χ0v) is 30.8. The van der Waals surface area contributed by atoms with Crippen LogP contribution >= 0.6 is 0 Å². The number of hydrogen-bond donors (Lipinski definition) is 4. The highest BCUT2D eigenvalue weighted by Gasteiger charge is 2.16. The van der Waals surface area contributed by atoms with Crippen molar-refractivity contribution in [1.29, 1.82) is 5.41 Å². The fraction of sp³-hybridized carbons (Fsp3) is 0.409. The van der Waals surface area contributed by atoms with Gasteiger partial charge in [-0.15, -0.1) is 0 Å². The SMILES string of the molecule is C/C=C\C1N/C=C(/C)c2ccc([nH]2)/C(CCCCCC)=C(C)/C=C\C(=N)/C(c2ccc(C(=O)CC)cc2)=c2/cc/c([nH]2)=C/1CCCCCC. The maximum Gasteiger partial charge on any atom is 0.162 e. The van der Waals surface area contributed by atoms with Crippen LogP contribution in [0.4, 0.5) is 0 Å². The highest BCUT2D eigenvalue weighted by Crippen LogP contribution is 2.28. The van der Waals surface area contributed by atoms with E-state index < -0.39 is 0 Å². The molecular weight excluding hydrogens is 601 g/mol. The van der Waals surface area contributed by atoms with Crippen molar-refractivity contribution in [3.8, 4) is 0 Å². The van der Waals surface area contributed by atoms with Crippen molar-refractivity contribution in [3.63, 3.8) is 0 Å². The summed E-state index contributed by atoms with van der Waals surface area (Å²) >= 11 is 0. The maximum atomic E-state index is 12.5. The number of rotatable bonds is 14. The van der Waals surface area contributed by atoms with Crippen molar-refractivity contribution in [2.24, 2.45) is 0 Å². The van der Waals surface area contributed by atoms with Gasteiger partial charge < -0.3 is 20.7 Å². The number of unbranched alkanes of at least 4 members (excludes halogenated alkanes) is 6. The number of nitrogens with one attached hydrogen (secondary N) is 4. The first kappa shape index (κ1) is 37.4. The van der Waals surface area contributed by atoms with E-state index in [0.717, 1.165) is 70.1 Å². The van der Waals surface area contributed by atoms with Crippen LogP contribution in [-0.4, -0.2) is 27.5 Å². The molecule has 3 heterocycles. The molecule has 1 atom stereocenters. The number of benzene rings is 1. The van der Waals surface area contributed by atoms with Gasteiger partial charge in [0.1, 0.15) is 0 Å². The Labute approximate surface area is 294 Å². The van der Waals surface area contributed by atoms with Crippen molar-refractivity contribution in [1.82, 2.24) is 15.3 Å². The van der Waals surface area contributed by atoms with Crippen LogP contribution < -0.4 is 16.0 Å². The van der Waals surface area contributed by atoms with Gasteiger partial charge >= 0.3 is 0 Å². The Hall–Kier alpha value is -4.38. The minimum Gasteiger partial charge on any atom is -0.381 e. The lowest BCUT2D eigenvalue weighted by Crippen LogP contribution is -2.30. The minimum atomic E-state index is 0.0107. The lowest BCUT2D eigenvalue weighted by atomic mass is 9.96. The van der Waals surface area contributed by atoms with E-state index in [9.17, 15) is 10.2 Å². The van der Waals surface area contributed by atoms with E-state index in [1.807, 2.05) is 37.3 Å². The van der Waals surface area contributed by atoms with Gasteiger partial charge in [0.15, 0.2) is 5.78 Å². The smallest absolute Gasteiger partial charge is 0.162 e. The molecule has 0 saturated heterocycles. The summed E-state index contributed by atoms with van der Waals surface area (Å²) in [6.07, 6.45) is 22.5. The molecule has 1 aliphatic heterocycles. The van der Waals surface area contributed by atoms with Crippen LogP contribution in [0.15, 0.2) is 84.6 Å². The molecule has 260 valence electrons. The number of carbonyl (C=O) groups excluding carboxylic acids is 1. The first-order chi connectivity index (χ1) is 23.8. The number of Topliss-reactive ketones (excluding diaryl/α,β-unsaturated/α-hetero) is 1. The molecule has 5 nitrogen and oxygen atoms in total. The maximum absolute atomic E-state index is 12.5. The molecule has 0 radical (unpaired) electrons. The van der Waals surface area contributed by atoms with Gasteiger partial charge in [-0.2, -0.15) is 0 Å². The number of carbonyl (C=O) groups is 1. The van der Waals surface area contributed by atoms with Gasteiger partial charge in [-0.1, -0.05) is 102 Å². The second kappa shape index (κ2) is 19.0. The van der Waals surface area contributed by atoms with E-state index in [-0.39, 0.29) is 11.8 Å². The van der Waals surface area contributed by atoms with Gasteiger partial charge in [0.25, 0.3) is 0 Å². The summed E-state index contributed by atoms with van der Waals surface area (Å²) in [5.41, 5.74) is 10.0. The predicted octanol–water partition coefficient (Wildman–Crippen LogP) is 10.2. The van der Waals surface area contributed by atoms with E-state index in [2.05, 4.69) is 98.6 Å². The zero-order chi connectivity index (χ0) is 35.2. The summed E-state index contributed by atoms with van der Waals surface area (Å²) in [6.45, 7) is 12.8. The van der Waals surface area contributed by atoms with Crippen LogP contribution in [0.1, 0.15) is 139 Å². The summed E-state index contributed by atoms with van der Waals surface area (Å²) in [4.78, 5) is 19.9. The molecule has 49 heavy (non-hydrogen) atoms. The average molecular weight is 659 g/mol. The summed E-state index contributed by atoms with van der Waals surface area (Å²) < 4.78 is 0. The van der Waals surface area contributed by atoms with Crippen LogP contribution in [0, 0.1) is 5.41 Å². The van der Waals surface area contributed by atoms with Gasteiger partial charge in [-0.3, -0.25) is 4.79 Å². The Kier molecular flexibility index (Phi) is 14.5. The molecule has 4 N–H and O–H groups in total. The fourth-order valence-electron chi connectivity index (χ4n) is 6.63. The Morgan fingerprint density at radius 3 is 2.12 bits per heavy atom.